The van der Waals surface area contributed by atoms with Gasteiger partial charge in [-0.3, -0.25) is 9.59 Å². The van der Waals surface area contributed by atoms with E-state index in [1.807, 2.05) is 48.5 Å². The van der Waals surface area contributed by atoms with Gasteiger partial charge in [0.1, 0.15) is 5.75 Å². The van der Waals surface area contributed by atoms with Crippen LogP contribution in [0, 0.1) is 0 Å². The summed E-state index contributed by atoms with van der Waals surface area (Å²) in [5, 5.41) is 0. The minimum atomic E-state index is -0.464. The van der Waals surface area contributed by atoms with Gasteiger partial charge in [-0.05, 0) is 76.2 Å². The first-order valence-electron chi connectivity index (χ1n) is 10.4. The predicted molar refractivity (Wildman–Crippen MR) is 124 cm³/mol. The van der Waals surface area contributed by atoms with Crippen LogP contribution in [0.25, 0.3) is 22.3 Å². The van der Waals surface area contributed by atoms with Gasteiger partial charge in [-0.25, -0.2) is 0 Å². The SMILES string of the molecule is COCCN(C)C(=O)c1ccc2c(c1)Cc1c(C(N)=O)cc(-c3cccc(OC)c3)cc1-2. The molecule has 4 rings (SSSR count). The molecule has 164 valence electrons. The van der Waals surface area contributed by atoms with Crippen molar-refractivity contribution in [1.82, 2.24) is 4.90 Å². The van der Waals surface area contributed by atoms with Gasteiger partial charge in [0.15, 0.2) is 0 Å². The molecule has 0 unspecified atom stereocenters. The number of benzene rings is 3. The van der Waals surface area contributed by atoms with E-state index in [-0.39, 0.29) is 5.91 Å². The summed E-state index contributed by atoms with van der Waals surface area (Å²) >= 11 is 0. The Labute approximate surface area is 187 Å². The number of carbonyl (C=O) groups is 2. The molecule has 2 N–H and O–H groups in total. The number of likely N-dealkylation sites (N-methyl/N-ethyl adjacent to an activating group) is 1. The third kappa shape index (κ3) is 3.97. The maximum Gasteiger partial charge on any atom is 0.253 e. The average Bonchev–Trinajstić information content (AvgIpc) is 3.18. The summed E-state index contributed by atoms with van der Waals surface area (Å²) in [5.74, 6) is 0.215. The van der Waals surface area contributed by atoms with Gasteiger partial charge in [0.2, 0.25) is 5.91 Å². The van der Waals surface area contributed by atoms with Gasteiger partial charge in [0.25, 0.3) is 5.91 Å². The van der Waals surface area contributed by atoms with Crippen molar-refractivity contribution in [2.75, 3.05) is 34.4 Å². The lowest BCUT2D eigenvalue weighted by molar-refractivity contribution is 0.0744. The van der Waals surface area contributed by atoms with E-state index in [1.165, 1.54) is 0 Å². The van der Waals surface area contributed by atoms with Gasteiger partial charge in [-0.2, -0.15) is 0 Å². The number of amides is 2. The van der Waals surface area contributed by atoms with E-state index >= 15 is 0 Å². The van der Waals surface area contributed by atoms with Crippen LogP contribution in [0.1, 0.15) is 31.8 Å². The van der Waals surface area contributed by atoms with E-state index in [9.17, 15) is 9.59 Å². The molecule has 0 aromatic heterocycles. The lowest BCUT2D eigenvalue weighted by Crippen LogP contribution is -2.29. The molecular formula is C26H26N2O4. The fourth-order valence-electron chi connectivity index (χ4n) is 4.17. The molecule has 3 aromatic rings. The van der Waals surface area contributed by atoms with Crippen molar-refractivity contribution < 1.29 is 19.1 Å². The molecule has 3 aromatic carbocycles. The lowest BCUT2D eigenvalue weighted by Gasteiger charge is -2.17. The second-order valence-electron chi connectivity index (χ2n) is 7.91. The van der Waals surface area contributed by atoms with Crippen LogP contribution in [-0.2, 0) is 11.2 Å². The van der Waals surface area contributed by atoms with Gasteiger partial charge in [-0.1, -0.05) is 18.2 Å². The fourth-order valence-corrected chi connectivity index (χ4v) is 4.17. The number of nitrogens with zero attached hydrogens (tertiary/aromatic N) is 1. The molecule has 0 aliphatic heterocycles. The monoisotopic (exact) mass is 430 g/mol. The molecule has 0 saturated carbocycles. The number of rotatable bonds is 7. The average molecular weight is 431 g/mol. The highest BCUT2D eigenvalue weighted by atomic mass is 16.5. The maximum absolute atomic E-state index is 12.8. The summed E-state index contributed by atoms with van der Waals surface area (Å²) in [6.07, 6.45) is 0.560. The first-order valence-corrected chi connectivity index (χ1v) is 10.4. The van der Waals surface area contributed by atoms with Crippen LogP contribution in [0.15, 0.2) is 54.6 Å². The number of nitrogens with two attached hydrogens (primary N) is 1. The fraction of sp³-hybridized carbons (Fsp3) is 0.231. The molecule has 0 atom stereocenters. The van der Waals surface area contributed by atoms with Crippen LogP contribution in [0.3, 0.4) is 0 Å². The van der Waals surface area contributed by atoms with E-state index < -0.39 is 5.91 Å². The van der Waals surface area contributed by atoms with Crippen molar-refractivity contribution in [3.8, 4) is 28.0 Å². The van der Waals surface area contributed by atoms with Gasteiger partial charge < -0.3 is 20.1 Å². The third-order valence-corrected chi connectivity index (χ3v) is 5.91. The summed E-state index contributed by atoms with van der Waals surface area (Å²) < 4.78 is 10.4. The zero-order valence-electron chi connectivity index (χ0n) is 18.5. The largest absolute Gasteiger partial charge is 0.497 e. The van der Waals surface area contributed by atoms with Crippen molar-refractivity contribution in [2.24, 2.45) is 5.73 Å². The molecular weight excluding hydrogens is 404 g/mol. The van der Waals surface area contributed by atoms with Crippen LogP contribution in [0.4, 0.5) is 0 Å². The normalized spacial score (nSPS) is 11.6. The molecule has 0 radical (unpaired) electrons. The van der Waals surface area contributed by atoms with E-state index in [2.05, 4.69) is 6.07 Å². The number of ether oxygens (including phenoxy) is 2. The van der Waals surface area contributed by atoms with Gasteiger partial charge >= 0.3 is 0 Å². The second kappa shape index (κ2) is 8.85. The summed E-state index contributed by atoms with van der Waals surface area (Å²) in [5.41, 5.74) is 12.6. The summed E-state index contributed by atoms with van der Waals surface area (Å²) in [4.78, 5) is 26.7. The van der Waals surface area contributed by atoms with Crippen molar-refractivity contribution in [1.29, 1.82) is 0 Å². The number of fused-ring (bicyclic) bond motifs is 3. The molecule has 1 aliphatic carbocycles. The summed E-state index contributed by atoms with van der Waals surface area (Å²) in [6, 6.07) is 17.3. The smallest absolute Gasteiger partial charge is 0.253 e. The number of hydrogen-bond donors (Lipinski definition) is 1. The number of carbonyl (C=O) groups excluding carboxylic acids is 2. The van der Waals surface area contributed by atoms with E-state index in [1.54, 1.807) is 26.2 Å². The lowest BCUT2D eigenvalue weighted by atomic mass is 9.94. The Bertz CT molecular complexity index is 1200. The number of hydrogen-bond acceptors (Lipinski definition) is 4. The van der Waals surface area contributed by atoms with Crippen LogP contribution in [0.5, 0.6) is 5.75 Å². The van der Waals surface area contributed by atoms with E-state index in [4.69, 9.17) is 15.2 Å². The minimum absolute atomic E-state index is 0.0620. The molecule has 0 spiro atoms. The topological polar surface area (TPSA) is 81.9 Å². The van der Waals surface area contributed by atoms with E-state index in [0.29, 0.717) is 30.7 Å². The quantitative estimate of drug-likeness (QED) is 0.484. The van der Waals surface area contributed by atoms with Crippen molar-refractivity contribution in [2.45, 2.75) is 6.42 Å². The first kappa shape index (κ1) is 21.6. The Morgan fingerprint density at radius 1 is 1.00 bits per heavy atom. The zero-order chi connectivity index (χ0) is 22.8. The second-order valence-corrected chi connectivity index (χ2v) is 7.91. The Hall–Kier alpha value is -3.64. The number of methoxy groups -OCH3 is 2. The highest BCUT2D eigenvalue weighted by molar-refractivity contribution is 6.01. The molecule has 0 bridgehead atoms. The van der Waals surface area contributed by atoms with Crippen LogP contribution in [-0.4, -0.2) is 51.1 Å². The van der Waals surface area contributed by atoms with E-state index in [0.717, 1.165) is 39.1 Å². The Morgan fingerprint density at radius 2 is 1.81 bits per heavy atom. The maximum atomic E-state index is 12.8. The van der Waals surface area contributed by atoms with Crippen molar-refractivity contribution >= 4 is 11.8 Å². The van der Waals surface area contributed by atoms with Crippen molar-refractivity contribution in [3.05, 3.63) is 76.9 Å². The Kier molecular flexibility index (Phi) is 5.97. The van der Waals surface area contributed by atoms with Gasteiger partial charge in [-0.15, -0.1) is 0 Å². The van der Waals surface area contributed by atoms with Crippen LogP contribution < -0.4 is 10.5 Å². The zero-order valence-corrected chi connectivity index (χ0v) is 18.5. The summed E-state index contributed by atoms with van der Waals surface area (Å²) in [6.45, 7) is 0.996. The van der Waals surface area contributed by atoms with Crippen LogP contribution >= 0.6 is 0 Å². The standard InChI is InChI=1S/C26H26N2O4/c1-28(9-10-31-2)26(30)17-7-8-21-19(11-17)15-23-22(21)13-18(14-24(23)25(27)29)16-5-4-6-20(12-16)32-3/h4-8,11-14H,9-10,15H2,1-3H3,(H2,27,29). The Balaban J connectivity index is 1.75. The molecule has 6 heteroatoms. The molecule has 0 fully saturated rings. The predicted octanol–water partition coefficient (Wildman–Crippen LogP) is 3.75. The molecule has 32 heavy (non-hydrogen) atoms. The van der Waals surface area contributed by atoms with Crippen LogP contribution in [0.2, 0.25) is 0 Å². The third-order valence-electron chi connectivity index (χ3n) is 5.91. The summed E-state index contributed by atoms with van der Waals surface area (Å²) in [7, 11) is 4.99. The molecule has 1 aliphatic rings. The molecule has 6 nitrogen and oxygen atoms in total. The van der Waals surface area contributed by atoms with Gasteiger partial charge in [0.05, 0.1) is 13.7 Å². The molecule has 2 amide bonds. The highest BCUT2D eigenvalue weighted by Gasteiger charge is 2.26. The molecule has 0 heterocycles. The first-order chi connectivity index (χ1) is 15.4. The molecule has 0 saturated heterocycles. The minimum Gasteiger partial charge on any atom is -0.497 e. The van der Waals surface area contributed by atoms with Gasteiger partial charge in [0, 0.05) is 31.8 Å². The van der Waals surface area contributed by atoms with Crippen molar-refractivity contribution in [3.63, 3.8) is 0 Å². The Morgan fingerprint density at radius 3 is 2.53 bits per heavy atom. The number of primary amides is 1. The highest BCUT2D eigenvalue weighted by Crippen LogP contribution is 2.41.